The van der Waals surface area contributed by atoms with E-state index in [2.05, 4.69) is 0 Å². The summed E-state index contributed by atoms with van der Waals surface area (Å²) in [4.78, 5) is 21.0. The van der Waals surface area contributed by atoms with Gasteiger partial charge in [-0.3, -0.25) is 19.5 Å². The molecule has 1 rings (SSSR count). The number of carbonyl (C=O) groups is 2. The summed E-state index contributed by atoms with van der Waals surface area (Å²) in [5.41, 5.74) is 0. The molecule has 2 amide bonds. The number of carbonyl (C=O) groups excluding carboxylic acids is 2. The zero-order valence-electron chi connectivity index (χ0n) is 5.57. The fourth-order valence-corrected chi connectivity index (χ4v) is 1.46. The van der Waals surface area contributed by atoms with Crippen molar-refractivity contribution in [3.05, 3.63) is 0 Å². The molecule has 0 spiro atoms. The Morgan fingerprint density at radius 2 is 1.92 bits per heavy atom. The second-order valence-corrected chi connectivity index (χ2v) is 3.72. The van der Waals surface area contributed by atoms with Crippen molar-refractivity contribution < 1.29 is 44.9 Å². The van der Waals surface area contributed by atoms with E-state index in [0.717, 1.165) is 0 Å². The predicted molar refractivity (Wildman–Crippen MR) is 33.1 cm³/mol. The summed E-state index contributed by atoms with van der Waals surface area (Å²) in [7, 11) is -4.42. The van der Waals surface area contributed by atoms with E-state index in [1.54, 1.807) is 5.32 Å². The molecule has 1 fully saturated rings. The molecule has 0 aromatic rings. The van der Waals surface area contributed by atoms with Crippen LogP contribution >= 0.6 is 0 Å². The van der Waals surface area contributed by atoms with Crippen LogP contribution in [0, 0.1) is 0 Å². The Hall–Kier alpha value is -0.210. The smallest absolute Gasteiger partial charge is 0.277 e. The Morgan fingerprint density at radius 3 is 2.08 bits per heavy atom. The zero-order chi connectivity index (χ0) is 8.65. The predicted octanol–water partition coefficient (Wildman–Crippen LogP) is -1.71. The van der Waals surface area contributed by atoms with E-state index in [4.69, 9.17) is 4.55 Å². The minimum atomic E-state index is -4.42. The van der Waals surface area contributed by atoms with Crippen LogP contribution < -0.4 is 5.32 Å². The van der Waals surface area contributed by atoms with Crippen LogP contribution in [0.15, 0.2) is 0 Å². The molecule has 0 aromatic heterocycles. The van der Waals surface area contributed by atoms with Crippen LogP contribution in [0.4, 0.5) is 0 Å². The van der Waals surface area contributed by atoms with Crippen LogP contribution in [-0.2, 0) is 42.1 Å². The normalized spacial score (nSPS) is 23.2. The molecule has 0 bridgehead atoms. The van der Waals surface area contributed by atoms with E-state index in [1.165, 1.54) is 0 Å². The third-order valence-corrected chi connectivity index (χ3v) is 2.39. The number of rotatable bonds is 1. The van der Waals surface area contributed by atoms with Gasteiger partial charge in [0.1, 0.15) is 0 Å². The number of hydrogen-bond acceptors (Lipinski definition) is 4. The van der Waals surface area contributed by atoms with Gasteiger partial charge in [-0.1, -0.05) is 0 Å². The van der Waals surface area contributed by atoms with Crippen LogP contribution in [0.1, 0.15) is 6.42 Å². The standard InChI is InChI=1S/C4H5NO5S.Au/c6-3-1-2(4(7)5-3)11(8,9)10;/h2H,1H2,(H,5,6,7)(H,8,9,10);. The monoisotopic (exact) mass is 376 g/mol. The Bertz CT molecular complexity index is 309. The molecule has 2 N–H and O–H groups in total. The van der Waals surface area contributed by atoms with Gasteiger partial charge in [-0.2, -0.15) is 8.42 Å². The fraction of sp³-hybridized carbons (Fsp3) is 0.500. The zero-order valence-corrected chi connectivity index (χ0v) is 8.56. The summed E-state index contributed by atoms with van der Waals surface area (Å²) in [6, 6.07) is 0. The van der Waals surface area contributed by atoms with Crippen molar-refractivity contribution in [2.45, 2.75) is 11.7 Å². The second kappa shape index (κ2) is 3.67. The second-order valence-electron chi connectivity index (χ2n) is 2.12. The molecule has 1 atom stereocenters. The van der Waals surface area contributed by atoms with Gasteiger partial charge in [0.25, 0.3) is 10.1 Å². The molecule has 0 saturated carbocycles. The molecular weight excluding hydrogens is 371 g/mol. The topological polar surface area (TPSA) is 101 Å². The molecule has 1 aliphatic rings. The third kappa shape index (κ3) is 2.39. The number of amides is 2. The van der Waals surface area contributed by atoms with Crippen molar-refractivity contribution in [1.82, 2.24) is 5.32 Å². The molecule has 73 valence electrons. The maximum Gasteiger partial charge on any atom is 0.277 e. The van der Waals surface area contributed by atoms with Gasteiger partial charge in [0, 0.05) is 22.4 Å². The van der Waals surface area contributed by atoms with Crippen molar-refractivity contribution in [2.24, 2.45) is 0 Å². The number of nitrogens with one attached hydrogen (secondary N) is 1. The molecular formula is C4H5AuNO5S. The van der Waals surface area contributed by atoms with Gasteiger partial charge < -0.3 is 0 Å². The molecule has 8 heteroatoms. The molecule has 1 aliphatic heterocycles. The van der Waals surface area contributed by atoms with Gasteiger partial charge in [-0.05, 0) is 0 Å². The summed E-state index contributed by atoms with van der Waals surface area (Å²) >= 11 is 0. The average Bonchev–Trinajstić information content (AvgIpc) is 2.08. The van der Waals surface area contributed by atoms with E-state index in [9.17, 15) is 18.0 Å². The first-order valence-electron chi connectivity index (χ1n) is 2.71. The maximum atomic E-state index is 10.6. The summed E-state index contributed by atoms with van der Waals surface area (Å²) in [6.07, 6.45) is -0.488. The summed E-state index contributed by atoms with van der Waals surface area (Å²) in [5.74, 6) is -1.64. The molecule has 1 radical (unpaired) electrons. The van der Waals surface area contributed by atoms with Crippen molar-refractivity contribution >= 4 is 21.9 Å². The van der Waals surface area contributed by atoms with E-state index in [0.29, 0.717) is 0 Å². The summed E-state index contributed by atoms with van der Waals surface area (Å²) < 4.78 is 29.0. The van der Waals surface area contributed by atoms with E-state index >= 15 is 0 Å². The Morgan fingerprint density at radius 1 is 1.42 bits per heavy atom. The van der Waals surface area contributed by atoms with Gasteiger partial charge in [0.05, 0.1) is 6.42 Å². The van der Waals surface area contributed by atoms with Gasteiger partial charge in [0.2, 0.25) is 11.8 Å². The van der Waals surface area contributed by atoms with Crippen molar-refractivity contribution in [3.8, 4) is 0 Å². The van der Waals surface area contributed by atoms with E-state index in [1.807, 2.05) is 0 Å². The van der Waals surface area contributed by atoms with Crippen LogP contribution in [0.5, 0.6) is 0 Å². The SMILES string of the molecule is O=C1CC(S(=O)(=O)O)C(=O)N1.[Au]. The Labute approximate surface area is 84.0 Å². The third-order valence-electron chi connectivity index (χ3n) is 1.29. The van der Waals surface area contributed by atoms with Crippen LogP contribution in [0.25, 0.3) is 0 Å². The van der Waals surface area contributed by atoms with Crippen LogP contribution in [-0.4, -0.2) is 30.0 Å². The maximum absolute atomic E-state index is 10.6. The van der Waals surface area contributed by atoms with Crippen LogP contribution in [0.3, 0.4) is 0 Å². The molecule has 12 heavy (non-hydrogen) atoms. The quantitative estimate of drug-likeness (QED) is 0.323. The first-order chi connectivity index (χ1) is 4.91. The minimum absolute atomic E-state index is 0. The summed E-state index contributed by atoms with van der Waals surface area (Å²) in [6.45, 7) is 0. The molecule has 1 unspecified atom stereocenters. The first kappa shape index (κ1) is 11.8. The Balaban J connectivity index is 0.00000121. The van der Waals surface area contributed by atoms with E-state index in [-0.39, 0.29) is 22.4 Å². The molecule has 6 nitrogen and oxygen atoms in total. The van der Waals surface area contributed by atoms with Gasteiger partial charge in [0.15, 0.2) is 5.25 Å². The van der Waals surface area contributed by atoms with Crippen molar-refractivity contribution in [3.63, 3.8) is 0 Å². The molecule has 1 heterocycles. The van der Waals surface area contributed by atoms with Gasteiger partial charge >= 0.3 is 0 Å². The largest absolute Gasteiger partial charge is 0.295 e. The van der Waals surface area contributed by atoms with Crippen molar-refractivity contribution in [1.29, 1.82) is 0 Å². The average molecular weight is 376 g/mol. The molecule has 1 saturated heterocycles. The number of hydrogen-bond donors (Lipinski definition) is 2. The minimum Gasteiger partial charge on any atom is -0.295 e. The molecule has 0 aliphatic carbocycles. The van der Waals surface area contributed by atoms with E-state index < -0.39 is 33.6 Å². The van der Waals surface area contributed by atoms with Crippen molar-refractivity contribution in [2.75, 3.05) is 0 Å². The number of imide groups is 1. The Kier molecular flexibility index (Phi) is 3.60. The first-order valence-corrected chi connectivity index (χ1v) is 4.21. The fourth-order valence-electron chi connectivity index (χ4n) is 0.771. The van der Waals surface area contributed by atoms with Gasteiger partial charge in [-0.15, -0.1) is 0 Å². The van der Waals surface area contributed by atoms with Crippen LogP contribution in [0.2, 0.25) is 0 Å². The molecule has 0 aromatic carbocycles. The van der Waals surface area contributed by atoms with Gasteiger partial charge in [-0.25, -0.2) is 0 Å². The summed E-state index contributed by atoms with van der Waals surface area (Å²) in [5, 5.41) is 0.141.